The van der Waals surface area contributed by atoms with E-state index in [1.165, 1.54) is 0 Å². The van der Waals surface area contributed by atoms with Gasteiger partial charge in [0.25, 0.3) is 0 Å². The number of methoxy groups -OCH3 is 2. The van der Waals surface area contributed by atoms with E-state index >= 15 is 0 Å². The minimum atomic E-state index is 0.431. The number of benzene rings is 2. The molecule has 0 unspecified atom stereocenters. The molecule has 0 aliphatic heterocycles. The maximum Gasteiger partial charge on any atom is 0.161 e. The van der Waals surface area contributed by atoms with Crippen LogP contribution in [-0.2, 0) is 13.2 Å². The third-order valence-electron chi connectivity index (χ3n) is 3.08. The summed E-state index contributed by atoms with van der Waals surface area (Å²) >= 11 is 3.43. The van der Waals surface area contributed by atoms with Crippen LogP contribution in [0.1, 0.15) is 11.1 Å². The van der Waals surface area contributed by atoms with Gasteiger partial charge in [-0.15, -0.1) is 0 Å². The van der Waals surface area contributed by atoms with Crippen LogP contribution in [0.25, 0.3) is 0 Å². The number of nitrogens with two attached hydrogens (primary N) is 1. The Morgan fingerprint density at radius 2 is 1.67 bits per heavy atom. The Labute approximate surface area is 132 Å². The Kier molecular flexibility index (Phi) is 5.47. The lowest BCUT2D eigenvalue weighted by molar-refractivity contribution is 0.300. The zero-order valence-electron chi connectivity index (χ0n) is 12.1. The molecule has 0 saturated carbocycles. The summed E-state index contributed by atoms with van der Waals surface area (Å²) in [6.07, 6.45) is 0. The first kappa shape index (κ1) is 15.7. The van der Waals surface area contributed by atoms with Crippen LogP contribution in [-0.4, -0.2) is 14.2 Å². The van der Waals surface area contributed by atoms with Crippen molar-refractivity contribution in [3.05, 3.63) is 52.0 Å². The molecule has 0 aliphatic rings. The van der Waals surface area contributed by atoms with Crippen molar-refractivity contribution in [1.29, 1.82) is 0 Å². The van der Waals surface area contributed by atoms with E-state index in [4.69, 9.17) is 19.9 Å². The van der Waals surface area contributed by atoms with Crippen LogP contribution in [0, 0.1) is 0 Å². The van der Waals surface area contributed by atoms with Gasteiger partial charge in [0.1, 0.15) is 12.4 Å². The minimum absolute atomic E-state index is 0.431. The van der Waals surface area contributed by atoms with Crippen molar-refractivity contribution in [2.45, 2.75) is 13.2 Å². The highest BCUT2D eigenvalue weighted by atomic mass is 79.9. The van der Waals surface area contributed by atoms with Crippen LogP contribution in [0.15, 0.2) is 40.9 Å². The summed E-state index contributed by atoms with van der Waals surface area (Å²) in [6, 6.07) is 11.5. The van der Waals surface area contributed by atoms with Gasteiger partial charge in [-0.25, -0.2) is 0 Å². The summed E-state index contributed by atoms with van der Waals surface area (Å²) in [5, 5.41) is 0. The quantitative estimate of drug-likeness (QED) is 0.865. The summed E-state index contributed by atoms with van der Waals surface area (Å²) in [5.74, 6) is 2.18. The van der Waals surface area contributed by atoms with Crippen LogP contribution in [0.5, 0.6) is 17.2 Å². The van der Waals surface area contributed by atoms with Crippen molar-refractivity contribution in [2.24, 2.45) is 5.73 Å². The molecule has 0 aliphatic carbocycles. The Morgan fingerprint density at radius 1 is 0.952 bits per heavy atom. The van der Waals surface area contributed by atoms with Crippen LogP contribution in [0.2, 0.25) is 0 Å². The molecule has 4 nitrogen and oxygen atoms in total. The molecule has 2 aromatic rings. The number of hydrogen-bond acceptors (Lipinski definition) is 4. The average molecular weight is 352 g/mol. The van der Waals surface area contributed by atoms with Crippen molar-refractivity contribution >= 4 is 15.9 Å². The monoisotopic (exact) mass is 351 g/mol. The van der Waals surface area contributed by atoms with E-state index in [-0.39, 0.29) is 0 Å². The Balaban J connectivity index is 2.13. The lowest BCUT2D eigenvalue weighted by Crippen LogP contribution is -2.03. The highest BCUT2D eigenvalue weighted by Crippen LogP contribution is 2.29. The molecule has 5 heteroatoms. The van der Waals surface area contributed by atoms with Gasteiger partial charge < -0.3 is 19.9 Å². The standard InChI is InChI=1S/C16H18BrNO3/c1-19-15-5-3-11(7-16(15)20-2)10-21-14-6-4-13(17)8-12(14)9-18/h3-8H,9-10,18H2,1-2H3. The van der Waals surface area contributed by atoms with Gasteiger partial charge in [-0.2, -0.15) is 0 Å². The molecule has 0 radical (unpaired) electrons. The predicted molar refractivity (Wildman–Crippen MR) is 85.9 cm³/mol. The molecule has 0 fully saturated rings. The summed E-state index contributed by atoms with van der Waals surface area (Å²) in [5.41, 5.74) is 7.70. The topological polar surface area (TPSA) is 53.7 Å². The van der Waals surface area contributed by atoms with Gasteiger partial charge in [0.05, 0.1) is 14.2 Å². The van der Waals surface area contributed by atoms with Crippen molar-refractivity contribution in [2.75, 3.05) is 14.2 Å². The minimum Gasteiger partial charge on any atom is -0.493 e. The van der Waals surface area contributed by atoms with Crippen molar-refractivity contribution in [1.82, 2.24) is 0 Å². The number of rotatable bonds is 6. The first-order valence-electron chi connectivity index (χ1n) is 6.50. The lowest BCUT2D eigenvalue weighted by atomic mass is 10.2. The maximum atomic E-state index is 5.84. The number of ether oxygens (including phenoxy) is 3. The Morgan fingerprint density at radius 3 is 2.33 bits per heavy atom. The summed E-state index contributed by atoms with van der Waals surface area (Å²) in [7, 11) is 3.23. The second-order valence-corrected chi connectivity index (χ2v) is 5.35. The molecule has 0 heterocycles. The van der Waals surface area contributed by atoms with Crippen molar-refractivity contribution in [3.8, 4) is 17.2 Å². The fraction of sp³-hybridized carbons (Fsp3) is 0.250. The van der Waals surface area contributed by atoms with Gasteiger partial charge in [-0.3, -0.25) is 0 Å². The molecular weight excluding hydrogens is 334 g/mol. The van der Waals surface area contributed by atoms with E-state index in [1.54, 1.807) is 14.2 Å². The molecule has 0 atom stereocenters. The smallest absolute Gasteiger partial charge is 0.161 e. The molecule has 21 heavy (non-hydrogen) atoms. The summed E-state index contributed by atoms with van der Waals surface area (Å²) in [4.78, 5) is 0. The van der Waals surface area contributed by atoms with Gasteiger partial charge in [0.2, 0.25) is 0 Å². The highest BCUT2D eigenvalue weighted by molar-refractivity contribution is 9.10. The largest absolute Gasteiger partial charge is 0.493 e. The molecule has 2 rings (SSSR count). The van der Waals surface area contributed by atoms with E-state index in [0.717, 1.165) is 21.3 Å². The molecular formula is C16H18BrNO3. The van der Waals surface area contributed by atoms with Crippen LogP contribution < -0.4 is 19.9 Å². The van der Waals surface area contributed by atoms with Crippen LogP contribution in [0.4, 0.5) is 0 Å². The predicted octanol–water partition coefficient (Wildman–Crippen LogP) is 3.50. The summed E-state index contributed by atoms with van der Waals surface area (Å²) in [6.45, 7) is 0.871. The highest BCUT2D eigenvalue weighted by Gasteiger charge is 2.07. The first-order chi connectivity index (χ1) is 10.2. The average Bonchev–Trinajstić information content (AvgIpc) is 2.53. The van der Waals surface area contributed by atoms with E-state index < -0.39 is 0 Å². The molecule has 0 spiro atoms. The zero-order chi connectivity index (χ0) is 15.2. The first-order valence-corrected chi connectivity index (χ1v) is 7.29. The van der Waals surface area contributed by atoms with Gasteiger partial charge in [0.15, 0.2) is 11.5 Å². The molecule has 0 aromatic heterocycles. The molecule has 112 valence electrons. The van der Waals surface area contributed by atoms with Gasteiger partial charge in [0, 0.05) is 16.6 Å². The van der Waals surface area contributed by atoms with Crippen molar-refractivity contribution < 1.29 is 14.2 Å². The molecule has 0 amide bonds. The van der Waals surface area contributed by atoms with E-state index in [1.807, 2.05) is 36.4 Å². The van der Waals surface area contributed by atoms with Gasteiger partial charge in [-0.05, 0) is 35.9 Å². The zero-order valence-corrected chi connectivity index (χ0v) is 13.6. The van der Waals surface area contributed by atoms with Crippen LogP contribution >= 0.6 is 15.9 Å². The fourth-order valence-electron chi connectivity index (χ4n) is 1.98. The van der Waals surface area contributed by atoms with Crippen LogP contribution in [0.3, 0.4) is 0 Å². The third kappa shape index (κ3) is 3.89. The molecule has 0 bridgehead atoms. The number of halogens is 1. The number of hydrogen-bond donors (Lipinski definition) is 1. The Bertz CT molecular complexity index is 616. The lowest BCUT2D eigenvalue weighted by Gasteiger charge is -2.13. The molecule has 0 saturated heterocycles. The summed E-state index contributed by atoms with van der Waals surface area (Å²) < 4.78 is 17.3. The second kappa shape index (κ2) is 7.33. The second-order valence-electron chi connectivity index (χ2n) is 4.43. The molecule has 2 aromatic carbocycles. The van der Waals surface area contributed by atoms with Gasteiger partial charge >= 0.3 is 0 Å². The Hall–Kier alpha value is -1.72. The SMILES string of the molecule is COc1ccc(COc2ccc(Br)cc2CN)cc1OC. The normalized spacial score (nSPS) is 10.3. The fourth-order valence-corrected chi connectivity index (χ4v) is 2.39. The van der Waals surface area contributed by atoms with E-state index in [2.05, 4.69) is 15.9 Å². The van der Waals surface area contributed by atoms with E-state index in [9.17, 15) is 0 Å². The van der Waals surface area contributed by atoms with Crippen molar-refractivity contribution in [3.63, 3.8) is 0 Å². The molecule has 2 N–H and O–H groups in total. The van der Waals surface area contributed by atoms with Gasteiger partial charge in [-0.1, -0.05) is 22.0 Å². The van der Waals surface area contributed by atoms with E-state index in [0.29, 0.717) is 24.7 Å². The third-order valence-corrected chi connectivity index (χ3v) is 3.58. The maximum absolute atomic E-state index is 5.84.